The highest BCUT2D eigenvalue weighted by Gasteiger charge is 2.40. The van der Waals surface area contributed by atoms with Gasteiger partial charge in [-0.1, -0.05) is 23.7 Å². The number of piperidine rings is 1. The summed E-state index contributed by atoms with van der Waals surface area (Å²) in [7, 11) is 1.31. The number of alkyl halides is 3. The summed E-state index contributed by atoms with van der Waals surface area (Å²) >= 11 is 5.91. The summed E-state index contributed by atoms with van der Waals surface area (Å²) in [6.45, 7) is 2.56. The summed E-state index contributed by atoms with van der Waals surface area (Å²) in [6.07, 6.45) is -1.76. The van der Waals surface area contributed by atoms with E-state index >= 15 is 0 Å². The van der Waals surface area contributed by atoms with Gasteiger partial charge in [-0.25, -0.2) is 0 Å². The average Bonchev–Trinajstić information content (AvgIpc) is 2.86. The maximum atomic E-state index is 13.6. The van der Waals surface area contributed by atoms with E-state index in [-0.39, 0.29) is 17.2 Å². The number of aromatic nitrogens is 1. The molecule has 2 aromatic rings. The van der Waals surface area contributed by atoms with Crippen LogP contribution in [-0.4, -0.2) is 28.5 Å². The van der Waals surface area contributed by atoms with Gasteiger partial charge in [0.1, 0.15) is 11.4 Å². The first-order chi connectivity index (χ1) is 12.2. The minimum atomic E-state index is -4.54. The third kappa shape index (κ3) is 3.34. The number of hydrogen-bond acceptors (Lipinski definition) is 1. The van der Waals surface area contributed by atoms with E-state index < -0.39 is 11.9 Å². The van der Waals surface area contributed by atoms with E-state index in [0.29, 0.717) is 29.2 Å². The van der Waals surface area contributed by atoms with Gasteiger partial charge in [0.25, 0.3) is 5.91 Å². The Morgan fingerprint density at radius 2 is 1.65 bits per heavy atom. The summed E-state index contributed by atoms with van der Waals surface area (Å²) in [5.74, 6) is -0.351. The van der Waals surface area contributed by atoms with E-state index in [9.17, 15) is 18.0 Å². The number of halogens is 4. The fourth-order valence-corrected chi connectivity index (χ4v) is 3.82. The van der Waals surface area contributed by atoms with Crippen molar-refractivity contribution in [3.63, 3.8) is 0 Å². The molecule has 1 aromatic carbocycles. The van der Waals surface area contributed by atoms with Crippen molar-refractivity contribution in [3.8, 4) is 11.1 Å². The molecule has 1 aliphatic heterocycles. The minimum absolute atomic E-state index is 0.0580. The van der Waals surface area contributed by atoms with Crippen molar-refractivity contribution in [2.75, 3.05) is 13.1 Å². The van der Waals surface area contributed by atoms with Crippen molar-refractivity contribution < 1.29 is 18.0 Å². The number of hydrogen-bond donors (Lipinski definition) is 0. The quantitative estimate of drug-likeness (QED) is 0.689. The van der Waals surface area contributed by atoms with E-state index in [1.54, 1.807) is 29.2 Å². The predicted molar refractivity (Wildman–Crippen MR) is 95.4 cm³/mol. The monoisotopic (exact) mass is 384 g/mol. The van der Waals surface area contributed by atoms with Gasteiger partial charge in [-0.05, 0) is 49.4 Å². The van der Waals surface area contributed by atoms with Crippen LogP contribution >= 0.6 is 11.6 Å². The highest BCUT2D eigenvalue weighted by molar-refractivity contribution is 6.30. The minimum Gasteiger partial charge on any atom is -0.337 e. The van der Waals surface area contributed by atoms with Gasteiger partial charge in [0.05, 0.1) is 0 Å². The van der Waals surface area contributed by atoms with E-state index in [1.165, 1.54) is 14.0 Å². The van der Waals surface area contributed by atoms with Crippen molar-refractivity contribution in [2.45, 2.75) is 32.4 Å². The molecule has 1 fully saturated rings. The molecule has 26 heavy (non-hydrogen) atoms. The molecule has 1 aromatic heterocycles. The van der Waals surface area contributed by atoms with E-state index in [4.69, 9.17) is 11.6 Å². The van der Waals surface area contributed by atoms with Crippen molar-refractivity contribution in [3.05, 3.63) is 46.2 Å². The molecule has 3 rings (SSSR count). The number of likely N-dealkylation sites (tertiary alicyclic amines) is 1. The van der Waals surface area contributed by atoms with Crippen LogP contribution in [0.1, 0.15) is 41.0 Å². The van der Waals surface area contributed by atoms with Crippen LogP contribution in [0, 0.1) is 6.92 Å². The molecular formula is C19H20ClF3N2O. The summed E-state index contributed by atoms with van der Waals surface area (Å²) in [5, 5.41) is 0.488. The Morgan fingerprint density at radius 1 is 1.08 bits per heavy atom. The Morgan fingerprint density at radius 3 is 2.19 bits per heavy atom. The van der Waals surface area contributed by atoms with Crippen molar-refractivity contribution >= 4 is 17.5 Å². The third-order valence-electron chi connectivity index (χ3n) is 4.89. The van der Waals surface area contributed by atoms with Gasteiger partial charge in [-0.2, -0.15) is 13.2 Å². The summed E-state index contributed by atoms with van der Waals surface area (Å²) in [6, 6.07) is 6.53. The van der Waals surface area contributed by atoms with Crippen LogP contribution in [0.4, 0.5) is 13.2 Å². The molecule has 2 heterocycles. The fraction of sp³-hybridized carbons (Fsp3) is 0.421. The highest BCUT2D eigenvalue weighted by Crippen LogP contribution is 2.41. The molecule has 1 aliphatic rings. The summed E-state index contributed by atoms with van der Waals surface area (Å²) < 4.78 is 41.9. The zero-order chi connectivity index (χ0) is 19.1. The number of rotatable bonds is 2. The highest BCUT2D eigenvalue weighted by atomic mass is 35.5. The van der Waals surface area contributed by atoms with E-state index in [1.807, 2.05) is 0 Å². The fourth-order valence-electron chi connectivity index (χ4n) is 3.70. The zero-order valence-corrected chi connectivity index (χ0v) is 15.4. The zero-order valence-electron chi connectivity index (χ0n) is 14.7. The van der Waals surface area contributed by atoms with Gasteiger partial charge in [0.2, 0.25) is 0 Å². The number of carbonyl (C=O) groups is 1. The first-order valence-electron chi connectivity index (χ1n) is 8.53. The number of amides is 1. The lowest BCUT2D eigenvalue weighted by molar-refractivity contribution is -0.143. The molecular weight excluding hydrogens is 365 g/mol. The lowest BCUT2D eigenvalue weighted by Gasteiger charge is -2.27. The Hall–Kier alpha value is -1.95. The maximum absolute atomic E-state index is 13.6. The SMILES string of the molecule is Cc1c(-c2ccc(Cl)cc2)c(C(=O)N2CCCCC2)n(C)c1C(F)(F)F. The predicted octanol–water partition coefficient (Wildman–Crippen LogP) is 5.30. The standard InChI is InChI=1S/C19H20ClF3N2O/c1-12-15(13-6-8-14(20)9-7-13)16(24(2)17(12)19(21,22)23)18(26)25-10-4-3-5-11-25/h6-9H,3-5,10-11H2,1-2H3. The van der Waals surface area contributed by atoms with Gasteiger partial charge in [-0.3, -0.25) is 4.79 Å². The van der Waals surface area contributed by atoms with Crippen LogP contribution in [0.5, 0.6) is 0 Å². The molecule has 7 heteroatoms. The van der Waals surface area contributed by atoms with Crippen LogP contribution in [-0.2, 0) is 13.2 Å². The molecule has 3 nitrogen and oxygen atoms in total. The largest absolute Gasteiger partial charge is 0.431 e. The second-order valence-electron chi connectivity index (χ2n) is 6.61. The van der Waals surface area contributed by atoms with Crippen LogP contribution in [0.25, 0.3) is 11.1 Å². The Balaban J connectivity index is 2.20. The number of nitrogens with zero attached hydrogens (tertiary/aromatic N) is 2. The van der Waals surface area contributed by atoms with Crippen LogP contribution in [0.3, 0.4) is 0 Å². The first-order valence-corrected chi connectivity index (χ1v) is 8.91. The lowest BCUT2D eigenvalue weighted by atomic mass is 9.99. The molecule has 0 saturated carbocycles. The molecule has 1 amide bonds. The van der Waals surface area contributed by atoms with E-state index in [0.717, 1.165) is 23.8 Å². The molecule has 0 unspecified atom stereocenters. The molecule has 0 bridgehead atoms. The van der Waals surface area contributed by atoms with Crippen LogP contribution < -0.4 is 0 Å². The second kappa shape index (κ2) is 6.99. The number of carbonyl (C=O) groups excluding carboxylic acids is 1. The van der Waals surface area contributed by atoms with E-state index in [2.05, 4.69) is 0 Å². The van der Waals surface area contributed by atoms with Gasteiger partial charge >= 0.3 is 6.18 Å². The molecule has 0 N–H and O–H groups in total. The Labute approximate surface area is 155 Å². The topological polar surface area (TPSA) is 25.2 Å². The normalized spacial score (nSPS) is 15.4. The van der Waals surface area contributed by atoms with Crippen molar-refractivity contribution in [1.82, 2.24) is 9.47 Å². The molecule has 0 atom stereocenters. The summed E-state index contributed by atoms with van der Waals surface area (Å²) in [5.41, 5.74) is 0.231. The van der Waals surface area contributed by atoms with Crippen molar-refractivity contribution in [1.29, 1.82) is 0 Å². The third-order valence-corrected chi connectivity index (χ3v) is 5.14. The van der Waals surface area contributed by atoms with Crippen LogP contribution in [0.2, 0.25) is 5.02 Å². The lowest BCUT2D eigenvalue weighted by Crippen LogP contribution is -2.37. The molecule has 0 aliphatic carbocycles. The van der Waals surface area contributed by atoms with Gasteiger partial charge < -0.3 is 9.47 Å². The van der Waals surface area contributed by atoms with Crippen molar-refractivity contribution in [2.24, 2.45) is 7.05 Å². The molecule has 140 valence electrons. The van der Waals surface area contributed by atoms with Crippen LogP contribution in [0.15, 0.2) is 24.3 Å². The molecule has 0 spiro atoms. The molecule has 1 saturated heterocycles. The van der Waals surface area contributed by atoms with Gasteiger partial charge in [-0.15, -0.1) is 0 Å². The average molecular weight is 385 g/mol. The number of benzene rings is 1. The molecule has 0 radical (unpaired) electrons. The Bertz CT molecular complexity index is 819. The van der Waals surface area contributed by atoms with Gasteiger partial charge in [0, 0.05) is 30.7 Å². The van der Waals surface area contributed by atoms with Gasteiger partial charge in [0.15, 0.2) is 0 Å². The maximum Gasteiger partial charge on any atom is 0.431 e. The first kappa shape index (κ1) is 18.8. The second-order valence-corrected chi connectivity index (χ2v) is 7.05. The summed E-state index contributed by atoms with van der Waals surface area (Å²) in [4.78, 5) is 14.7. The Kier molecular flexibility index (Phi) is 5.06. The smallest absolute Gasteiger partial charge is 0.337 e.